The van der Waals surface area contributed by atoms with Crippen molar-refractivity contribution in [1.29, 1.82) is 0 Å². The van der Waals surface area contributed by atoms with Crippen LogP contribution in [0.5, 0.6) is 0 Å². The fourth-order valence-corrected chi connectivity index (χ4v) is 2.55. The Bertz CT molecular complexity index is 539. The number of aliphatic carboxylic acids is 1. The van der Waals surface area contributed by atoms with Crippen LogP contribution in [0.3, 0.4) is 0 Å². The molecular weight excluding hydrogens is 276 g/mol. The summed E-state index contributed by atoms with van der Waals surface area (Å²) in [5.74, 6) is -0.231. The molecule has 2 rings (SSSR count). The Kier molecular flexibility index (Phi) is 4.10. The number of aromatic nitrogens is 5. The molecule has 2 aromatic heterocycles. The van der Waals surface area contributed by atoms with Crippen LogP contribution in [0, 0.1) is 0 Å². The third kappa shape index (κ3) is 3.67. The zero-order valence-corrected chi connectivity index (χ0v) is 11.0. The Morgan fingerprint density at radius 1 is 1.61 bits per heavy atom. The minimum absolute atomic E-state index is 0.0174. The van der Waals surface area contributed by atoms with Gasteiger partial charge in [0.15, 0.2) is 10.2 Å². The molecule has 0 bridgehead atoms. The first-order valence-corrected chi connectivity index (χ1v) is 6.70. The smallest absolute Gasteiger partial charge is 0.313 e. The van der Waals surface area contributed by atoms with Gasteiger partial charge >= 0.3 is 5.97 Å². The second-order valence-electron chi connectivity index (χ2n) is 3.24. The number of nitrogens with zero attached hydrogens (tertiary/aromatic N) is 5. The molecular formula is C8H10N6O2S2. The Morgan fingerprint density at radius 2 is 2.44 bits per heavy atom. The first-order valence-electron chi connectivity index (χ1n) is 4.90. The van der Waals surface area contributed by atoms with E-state index >= 15 is 0 Å². The molecule has 2 heterocycles. The Balaban J connectivity index is 1.84. The van der Waals surface area contributed by atoms with Crippen molar-refractivity contribution in [3.05, 3.63) is 12.2 Å². The average Bonchev–Trinajstić information content (AvgIpc) is 2.93. The van der Waals surface area contributed by atoms with Crippen LogP contribution >= 0.6 is 23.1 Å². The van der Waals surface area contributed by atoms with Gasteiger partial charge in [-0.2, -0.15) is 5.10 Å². The van der Waals surface area contributed by atoms with Gasteiger partial charge in [-0.25, -0.2) is 4.98 Å². The normalized spacial score (nSPS) is 10.5. The van der Waals surface area contributed by atoms with E-state index in [0.717, 1.165) is 11.8 Å². The first kappa shape index (κ1) is 12.8. The molecule has 0 spiro atoms. The number of carbonyl (C=O) groups is 1. The summed E-state index contributed by atoms with van der Waals surface area (Å²) in [6, 6.07) is 0. The topological polar surface area (TPSA) is 106 Å². The van der Waals surface area contributed by atoms with Crippen molar-refractivity contribution >= 4 is 34.2 Å². The quantitative estimate of drug-likeness (QED) is 0.737. The van der Waals surface area contributed by atoms with E-state index < -0.39 is 5.97 Å². The summed E-state index contributed by atoms with van der Waals surface area (Å²) in [5.41, 5.74) is 0. The Labute approximate surface area is 110 Å². The molecule has 18 heavy (non-hydrogen) atoms. The number of nitrogens with one attached hydrogen (secondary N) is 1. The summed E-state index contributed by atoms with van der Waals surface area (Å²) in [4.78, 5) is 14.5. The second-order valence-corrected chi connectivity index (χ2v) is 5.44. The van der Waals surface area contributed by atoms with E-state index in [1.54, 1.807) is 18.1 Å². The summed E-state index contributed by atoms with van der Waals surface area (Å²) in [5, 5.41) is 24.1. The number of anilines is 1. The molecule has 0 radical (unpaired) electrons. The largest absolute Gasteiger partial charge is 0.481 e. The molecule has 0 saturated heterocycles. The van der Waals surface area contributed by atoms with E-state index in [0.29, 0.717) is 21.8 Å². The molecule has 0 atom stereocenters. The van der Waals surface area contributed by atoms with Gasteiger partial charge in [0.2, 0.25) is 5.13 Å². The lowest BCUT2D eigenvalue weighted by atomic mass is 10.6. The third-order valence-corrected chi connectivity index (χ3v) is 3.77. The fraction of sp³-hybridized carbons (Fsp3) is 0.375. The maximum Gasteiger partial charge on any atom is 0.313 e. The number of hydrogen-bond donors (Lipinski definition) is 2. The van der Waals surface area contributed by atoms with E-state index in [9.17, 15) is 4.79 Å². The van der Waals surface area contributed by atoms with Crippen molar-refractivity contribution < 1.29 is 9.90 Å². The summed E-state index contributed by atoms with van der Waals surface area (Å²) in [6.45, 7) is 0.457. The monoisotopic (exact) mass is 286 g/mol. The van der Waals surface area contributed by atoms with Gasteiger partial charge in [-0.3, -0.25) is 9.48 Å². The molecule has 2 aromatic rings. The highest BCUT2D eigenvalue weighted by Crippen LogP contribution is 2.25. The van der Waals surface area contributed by atoms with E-state index in [1.807, 2.05) is 0 Å². The summed E-state index contributed by atoms with van der Waals surface area (Å²) in [6.07, 6.45) is 1.62. The van der Waals surface area contributed by atoms with Crippen LogP contribution in [-0.2, 0) is 18.4 Å². The van der Waals surface area contributed by atoms with Gasteiger partial charge in [-0.15, -0.1) is 10.2 Å². The van der Waals surface area contributed by atoms with E-state index in [4.69, 9.17) is 5.11 Å². The molecule has 2 N–H and O–H groups in total. The van der Waals surface area contributed by atoms with Crippen LogP contribution in [0.15, 0.2) is 10.7 Å². The van der Waals surface area contributed by atoms with Gasteiger partial charge in [0.1, 0.15) is 6.33 Å². The minimum atomic E-state index is -0.873. The van der Waals surface area contributed by atoms with Crippen LogP contribution in [-0.4, -0.2) is 41.8 Å². The number of hydrogen-bond acceptors (Lipinski definition) is 8. The molecule has 0 aromatic carbocycles. The highest BCUT2D eigenvalue weighted by atomic mass is 32.2. The van der Waals surface area contributed by atoms with Crippen molar-refractivity contribution in [2.75, 3.05) is 11.1 Å². The lowest BCUT2D eigenvalue weighted by Gasteiger charge is -1.95. The molecule has 0 aliphatic carbocycles. The standard InChI is InChI=1S/C8H10N6O2S2/c1-14-4-10-5(13-14)2-9-7-11-12-8(18-7)17-3-6(15)16/h4H,2-3H2,1H3,(H,9,11)(H,15,16). The molecule has 8 nitrogen and oxygen atoms in total. The molecule has 0 aliphatic heterocycles. The maximum absolute atomic E-state index is 10.4. The Hall–Kier alpha value is -1.68. The number of thioether (sulfide) groups is 1. The van der Waals surface area contributed by atoms with Crippen molar-refractivity contribution in [1.82, 2.24) is 25.0 Å². The molecule has 10 heteroatoms. The van der Waals surface area contributed by atoms with Gasteiger partial charge in [0, 0.05) is 7.05 Å². The van der Waals surface area contributed by atoms with E-state index in [-0.39, 0.29) is 5.75 Å². The van der Waals surface area contributed by atoms with Crippen LogP contribution in [0.2, 0.25) is 0 Å². The van der Waals surface area contributed by atoms with E-state index in [1.165, 1.54) is 11.3 Å². The molecule has 0 saturated carbocycles. The average molecular weight is 286 g/mol. The predicted molar refractivity (Wildman–Crippen MR) is 66.6 cm³/mol. The summed E-state index contributed by atoms with van der Waals surface area (Å²) in [7, 11) is 1.79. The molecule has 0 amide bonds. The second kappa shape index (κ2) is 5.78. The highest BCUT2D eigenvalue weighted by Gasteiger charge is 2.07. The van der Waals surface area contributed by atoms with Crippen molar-refractivity contribution in [3.8, 4) is 0 Å². The SMILES string of the molecule is Cn1cnc(CNc2nnc(SCC(=O)O)s2)n1. The van der Waals surface area contributed by atoms with Crippen LogP contribution in [0.1, 0.15) is 5.82 Å². The van der Waals surface area contributed by atoms with Gasteiger partial charge in [0.05, 0.1) is 12.3 Å². The van der Waals surface area contributed by atoms with E-state index in [2.05, 4.69) is 25.6 Å². The molecule has 0 aliphatic rings. The summed E-state index contributed by atoms with van der Waals surface area (Å²) < 4.78 is 2.24. The van der Waals surface area contributed by atoms with Crippen molar-refractivity contribution in [2.45, 2.75) is 10.9 Å². The predicted octanol–water partition coefficient (Wildman–Crippen LogP) is 0.455. The van der Waals surface area contributed by atoms with Crippen molar-refractivity contribution in [2.24, 2.45) is 7.05 Å². The number of carboxylic acid groups (broad SMARTS) is 1. The molecule has 0 fully saturated rings. The van der Waals surface area contributed by atoms with Gasteiger partial charge in [-0.05, 0) is 0 Å². The number of carboxylic acids is 1. The lowest BCUT2D eigenvalue weighted by Crippen LogP contribution is -2.01. The lowest BCUT2D eigenvalue weighted by molar-refractivity contribution is -0.133. The van der Waals surface area contributed by atoms with Gasteiger partial charge in [-0.1, -0.05) is 23.1 Å². The zero-order valence-electron chi connectivity index (χ0n) is 9.40. The maximum atomic E-state index is 10.4. The Morgan fingerprint density at radius 3 is 3.11 bits per heavy atom. The number of aryl methyl sites for hydroxylation is 1. The summed E-state index contributed by atoms with van der Waals surface area (Å²) >= 11 is 2.45. The van der Waals surface area contributed by atoms with Crippen LogP contribution in [0.4, 0.5) is 5.13 Å². The molecule has 0 unspecified atom stereocenters. The third-order valence-electron chi connectivity index (χ3n) is 1.77. The highest BCUT2D eigenvalue weighted by molar-refractivity contribution is 8.01. The number of rotatable bonds is 6. The van der Waals surface area contributed by atoms with Gasteiger partial charge in [0.25, 0.3) is 0 Å². The molecule has 96 valence electrons. The fourth-order valence-electron chi connectivity index (χ4n) is 1.08. The van der Waals surface area contributed by atoms with Crippen molar-refractivity contribution in [3.63, 3.8) is 0 Å². The van der Waals surface area contributed by atoms with Gasteiger partial charge < -0.3 is 10.4 Å². The van der Waals surface area contributed by atoms with Crippen LogP contribution < -0.4 is 5.32 Å². The zero-order chi connectivity index (χ0) is 13.0. The van der Waals surface area contributed by atoms with Crippen LogP contribution in [0.25, 0.3) is 0 Å². The first-order chi connectivity index (χ1) is 8.63. The minimum Gasteiger partial charge on any atom is -0.481 e.